The molecule has 0 unspecified atom stereocenters. The molecule has 0 saturated heterocycles. The summed E-state index contributed by atoms with van der Waals surface area (Å²) in [4.78, 5) is 15.5. The number of ether oxygens (including phenoxy) is 1. The number of halogens is 1. The molecule has 0 aliphatic rings. The Morgan fingerprint density at radius 2 is 2.11 bits per heavy atom. The van der Waals surface area contributed by atoms with Gasteiger partial charge in [0.25, 0.3) is 0 Å². The summed E-state index contributed by atoms with van der Waals surface area (Å²) in [6.07, 6.45) is 0.767. The molecule has 0 N–H and O–H groups in total. The molecule has 0 fully saturated rings. The standard InChI is InChI=1S/C14H14ClNO2/c1-8(2)12-9-5-4-6-11(18-3)13(9)16-14(15)10(12)7-17/h4-8H,1-3H3. The van der Waals surface area contributed by atoms with Crippen molar-refractivity contribution in [1.29, 1.82) is 0 Å². The van der Waals surface area contributed by atoms with Gasteiger partial charge in [-0.3, -0.25) is 4.79 Å². The monoisotopic (exact) mass is 263 g/mol. The number of aldehydes is 1. The van der Waals surface area contributed by atoms with Crippen LogP contribution in [0.25, 0.3) is 10.9 Å². The van der Waals surface area contributed by atoms with E-state index >= 15 is 0 Å². The van der Waals surface area contributed by atoms with E-state index in [9.17, 15) is 4.79 Å². The van der Waals surface area contributed by atoms with Crippen molar-refractivity contribution in [3.63, 3.8) is 0 Å². The molecule has 0 amide bonds. The number of carbonyl (C=O) groups is 1. The van der Waals surface area contributed by atoms with E-state index in [1.807, 2.05) is 32.0 Å². The molecule has 0 radical (unpaired) electrons. The van der Waals surface area contributed by atoms with Crippen LogP contribution in [0.2, 0.25) is 5.15 Å². The first-order chi connectivity index (χ1) is 8.60. The maximum atomic E-state index is 11.2. The fourth-order valence-corrected chi connectivity index (χ4v) is 2.40. The molecule has 0 saturated carbocycles. The summed E-state index contributed by atoms with van der Waals surface area (Å²) in [5.74, 6) is 0.842. The van der Waals surface area contributed by atoms with Crippen LogP contribution in [0.4, 0.5) is 0 Å². The Morgan fingerprint density at radius 3 is 2.67 bits per heavy atom. The van der Waals surface area contributed by atoms with Gasteiger partial charge in [-0.1, -0.05) is 37.6 Å². The molecule has 0 atom stereocenters. The van der Waals surface area contributed by atoms with Gasteiger partial charge in [-0.05, 0) is 17.5 Å². The molecule has 0 aliphatic carbocycles. The van der Waals surface area contributed by atoms with E-state index in [1.54, 1.807) is 7.11 Å². The summed E-state index contributed by atoms with van der Waals surface area (Å²) in [7, 11) is 1.59. The fraction of sp³-hybridized carbons (Fsp3) is 0.286. The van der Waals surface area contributed by atoms with Crippen molar-refractivity contribution in [2.75, 3.05) is 7.11 Å². The molecule has 94 valence electrons. The Hall–Kier alpha value is -1.61. The number of hydrogen-bond donors (Lipinski definition) is 0. The SMILES string of the molecule is COc1cccc2c(C(C)C)c(C=O)c(Cl)nc12. The number of carbonyl (C=O) groups excluding carboxylic acids is 1. The van der Waals surface area contributed by atoms with Gasteiger partial charge in [0.05, 0.1) is 12.7 Å². The molecular weight excluding hydrogens is 250 g/mol. The van der Waals surface area contributed by atoms with Gasteiger partial charge in [-0.15, -0.1) is 0 Å². The lowest BCUT2D eigenvalue weighted by atomic mass is 9.94. The molecule has 1 heterocycles. The highest BCUT2D eigenvalue weighted by Gasteiger charge is 2.17. The Kier molecular flexibility index (Phi) is 3.53. The number of rotatable bonds is 3. The van der Waals surface area contributed by atoms with Crippen LogP contribution in [0, 0.1) is 0 Å². The Balaban J connectivity index is 2.95. The molecule has 2 rings (SSSR count). The van der Waals surface area contributed by atoms with Gasteiger partial charge >= 0.3 is 0 Å². The van der Waals surface area contributed by atoms with E-state index in [4.69, 9.17) is 16.3 Å². The maximum Gasteiger partial charge on any atom is 0.153 e. The Labute approximate surface area is 111 Å². The summed E-state index contributed by atoms with van der Waals surface area (Å²) in [6, 6.07) is 5.65. The van der Waals surface area contributed by atoms with Crippen molar-refractivity contribution in [1.82, 2.24) is 4.98 Å². The number of hydrogen-bond acceptors (Lipinski definition) is 3. The molecular formula is C14H14ClNO2. The van der Waals surface area contributed by atoms with Gasteiger partial charge in [0.15, 0.2) is 6.29 Å². The van der Waals surface area contributed by atoms with Crippen molar-refractivity contribution in [2.24, 2.45) is 0 Å². The highest BCUT2D eigenvalue weighted by atomic mass is 35.5. The number of para-hydroxylation sites is 1. The number of aromatic nitrogens is 1. The first-order valence-corrected chi connectivity index (χ1v) is 6.09. The second kappa shape index (κ2) is 4.94. The van der Waals surface area contributed by atoms with E-state index in [0.29, 0.717) is 16.8 Å². The summed E-state index contributed by atoms with van der Waals surface area (Å²) < 4.78 is 5.28. The largest absolute Gasteiger partial charge is 0.494 e. The van der Waals surface area contributed by atoms with Crippen molar-refractivity contribution in [3.05, 3.63) is 34.5 Å². The highest BCUT2D eigenvalue weighted by molar-refractivity contribution is 6.32. The predicted octanol–water partition coefficient (Wildman–Crippen LogP) is 3.83. The van der Waals surface area contributed by atoms with Crippen LogP contribution in [0.3, 0.4) is 0 Å². The highest BCUT2D eigenvalue weighted by Crippen LogP contribution is 2.34. The van der Waals surface area contributed by atoms with Crippen molar-refractivity contribution in [2.45, 2.75) is 19.8 Å². The minimum Gasteiger partial charge on any atom is -0.494 e. The minimum atomic E-state index is 0.181. The average Bonchev–Trinajstić information content (AvgIpc) is 2.36. The Morgan fingerprint density at radius 1 is 1.39 bits per heavy atom. The number of fused-ring (bicyclic) bond motifs is 1. The zero-order chi connectivity index (χ0) is 13.3. The van der Waals surface area contributed by atoms with Crippen molar-refractivity contribution in [3.8, 4) is 5.75 Å². The second-order valence-corrected chi connectivity index (χ2v) is 4.72. The number of nitrogens with zero attached hydrogens (tertiary/aromatic N) is 1. The molecule has 0 bridgehead atoms. The summed E-state index contributed by atoms with van der Waals surface area (Å²) in [6.45, 7) is 4.05. The summed E-state index contributed by atoms with van der Waals surface area (Å²) in [5, 5.41) is 1.14. The van der Waals surface area contributed by atoms with Gasteiger partial charge < -0.3 is 4.74 Å². The quantitative estimate of drug-likeness (QED) is 0.624. The lowest BCUT2D eigenvalue weighted by Crippen LogP contribution is -2.01. The van der Waals surface area contributed by atoms with Gasteiger partial charge in [0.2, 0.25) is 0 Å². The van der Waals surface area contributed by atoms with Crippen LogP contribution < -0.4 is 4.74 Å². The lowest BCUT2D eigenvalue weighted by molar-refractivity contribution is 0.112. The van der Waals surface area contributed by atoms with Crippen LogP contribution in [0.1, 0.15) is 35.7 Å². The normalized spacial score (nSPS) is 10.9. The first-order valence-electron chi connectivity index (χ1n) is 5.71. The van der Waals surface area contributed by atoms with E-state index < -0.39 is 0 Å². The molecule has 1 aromatic carbocycles. The molecule has 0 spiro atoms. The predicted molar refractivity (Wildman–Crippen MR) is 72.8 cm³/mol. The zero-order valence-electron chi connectivity index (χ0n) is 10.5. The summed E-state index contributed by atoms with van der Waals surface area (Å²) >= 11 is 6.08. The molecule has 4 heteroatoms. The maximum absolute atomic E-state index is 11.2. The van der Waals surface area contributed by atoms with Crippen LogP contribution >= 0.6 is 11.6 Å². The van der Waals surface area contributed by atoms with E-state index in [1.165, 1.54) is 0 Å². The van der Waals surface area contributed by atoms with Crippen molar-refractivity contribution < 1.29 is 9.53 Å². The van der Waals surface area contributed by atoms with Gasteiger partial charge in [0.1, 0.15) is 16.4 Å². The number of methoxy groups -OCH3 is 1. The first kappa shape index (κ1) is 12.8. The van der Waals surface area contributed by atoms with Gasteiger partial charge in [-0.2, -0.15) is 0 Å². The third-order valence-corrected chi connectivity index (χ3v) is 3.21. The fourth-order valence-electron chi connectivity index (χ4n) is 2.17. The van der Waals surface area contributed by atoms with E-state index in [2.05, 4.69) is 4.98 Å². The van der Waals surface area contributed by atoms with Crippen LogP contribution in [-0.2, 0) is 0 Å². The molecule has 18 heavy (non-hydrogen) atoms. The summed E-state index contributed by atoms with van der Waals surface area (Å²) in [5.41, 5.74) is 2.07. The smallest absolute Gasteiger partial charge is 0.153 e. The van der Waals surface area contributed by atoms with Crippen molar-refractivity contribution >= 4 is 28.8 Å². The van der Waals surface area contributed by atoms with Gasteiger partial charge in [0, 0.05) is 5.39 Å². The van der Waals surface area contributed by atoms with Crippen LogP contribution in [0.5, 0.6) is 5.75 Å². The topological polar surface area (TPSA) is 39.2 Å². The average molecular weight is 264 g/mol. The van der Waals surface area contributed by atoms with E-state index in [-0.39, 0.29) is 11.1 Å². The minimum absolute atomic E-state index is 0.181. The lowest BCUT2D eigenvalue weighted by Gasteiger charge is -2.15. The van der Waals surface area contributed by atoms with Crippen LogP contribution in [0.15, 0.2) is 18.2 Å². The number of pyridine rings is 1. The Bertz CT molecular complexity index is 608. The van der Waals surface area contributed by atoms with Gasteiger partial charge in [-0.25, -0.2) is 4.98 Å². The number of benzene rings is 1. The molecule has 3 nitrogen and oxygen atoms in total. The molecule has 2 aromatic rings. The second-order valence-electron chi connectivity index (χ2n) is 4.36. The third-order valence-electron chi connectivity index (χ3n) is 2.93. The zero-order valence-corrected chi connectivity index (χ0v) is 11.3. The molecule has 0 aliphatic heterocycles. The molecule has 1 aromatic heterocycles. The van der Waals surface area contributed by atoms with E-state index in [0.717, 1.165) is 17.2 Å². The van der Waals surface area contributed by atoms with Crippen LogP contribution in [-0.4, -0.2) is 18.4 Å². The third kappa shape index (κ3) is 1.95.